The Morgan fingerprint density at radius 3 is 2.60 bits per heavy atom. The van der Waals surface area contributed by atoms with Crippen molar-refractivity contribution >= 4 is 17.7 Å². The first-order valence-corrected chi connectivity index (χ1v) is 17.1. The van der Waals surface area contributed by atoms with Crippen LogP contribution in [0.4, 0.5) is 4.79 Å². The molecule has 2 heterocycles. The van der Waals surface area contributed by atoms with Crippen molar-refractivity contribution in [3.63, 3.8) is 0 Å². The molecule has 1 spiro atoms. The fraction of sp³-hybridized carbons (Fsp3) is 0.750. The van der Waals surface area contributed by atoms with Gasteiger partial charge in [0, 0.05) is 37.4 Å². The minimum absolute atomic E-state index is 0.0376. The van der Waals surface area contributed by atoms with Crippen molar-refractivity contribution in [1.29, 1.82) is 0 Å². The molecule has 2 aliphatic heterocycles. The molecule has 3 saturated carbocycles. The number of carbonyl (C=O) groups excluding carboxylic acids is 1. The van der Waals surface area contributed by atoms with E-state index in [0.29, 0.717) is 40.8 Å². The van der Waals surface area contributed by atoms with E-state index in [1.807, 2.05) is 31.3 Å². The molecule has 230 valence electrons. The van der Waals surface area contributed by atoms with E-state index in [4.69, 9.17) is 25.8 Å². The number of rotatable bonds is 3. The van der Waals surface area contributed by atoms with E-state index in [1.165, 1.54) is 32.1 Å². The lowest BCUT2D eigenvalue weighted by molar-refractivity contribution is -0.272. The second kappa shape index (κ2) is 10.5. The third-order valence-corrected chi connectivity index (χ3v) is 13.5. The van der Waals surface area contributed by atoms with Crippen LogP contribution in [0.25, 0.3) is 0 Å². The zero-order valence-corrected chi connectivity index (χ0v) is 27.0. The maximum Gasteiger partial charge on any atom is 0.410 e. The summed E-state index contributed by atoms with van der Waals surface area (Å²) in [6.07, 6.45) is 12.8. The number of fused-ring (bicyclic) bond motifs is 7. The Kier molecular flexibility index (Phi) is 7.30. The number of halogens is 1. The highest BCUT2D eigenvalue weighted by Gasteiger charge is 2.68. The largest absolute Gasteiger partial charge is 0.446 e. The van der Waals surface area contributed by atoms with E-state index >= 15 is 0 Å². The first-order valence-electron chi connectivity index (χ1n) is 16.7. The van der Waals surface area contributed by atoms with E-state index in [0.717, 1.165) is 55.6 Å². The second-order valence-corrected chi connectivity index (χ2v) is 15.9. The van der Waals surface area contributed by atoms with Gasteiger partial charge in [0.05, 0.1) is 12.7 Å². The highest BCUT2D eigenvalue weighted by molar-refractivity contribution is 6.30. The number of allylic oxidation sites excluding steroid dienone is 1. The quantitative estimate of drug-likeness (QED) is 0.328. The van der Waals surface area contributed by atoms with Crippen LogP contribution in [0.1, 0.15) is 91.0 Å². The molecular formula is C36H50ClNO4. The molecule has 1 aromatic carbocycles. The van der Waals surface area contributed by atoms with Gasteiger partial charge in [0.15, 0.2) is 5.79 Å². The van der Waals surface area contributed by atoms with Gasteiger partial charge >= 0.3 is 6.09 Å². The maximum atomic E-state index is 13.0. The summed E-state index contributed by atoms with van der Waals surface area (Å²) in [5.41, 5.74) is 3.15. The Morgan fingerprint density at radius 1 is 1.07 bits per heavy atom. The van der Waals surface area contributed by atoms with Crippen LogP contribution in [0.15, 0.2) is 35.9 Å². The van der Waals surface area contributed by atoms with Crippen LogP contribution < -0.4 is 0 Å². The zero-order chi connectivity index (χ0) is 29.4. The van der Waals surface area contributed by atoms with Crippen molar-refractivity contribution in [2.75, 3.05) is 13.7 Å². The van der Waals surface area contributed by atoms with Crippen LogP contribution in [0.2, 0.25) is 5.02 Å². The molecule has 5 nitrogen and oxygen atoms in total. The van der Waals surface area contributed by atoms with Crippen molar-refractivity contribution in [2.45, 2.75) is 110 Å². The standard InChI is InChI=1S/C36H50ClNO4/c1-22-12-17-36(40-21-22)23(2)32-31(42-36)19-30-28-11-8-25-18-27(13-15-34(25,3)29(28)14-16-35(30,32)4)41-33(39)38(5)20-24-6-9-26(37)10-7-24/h6-10,22-23,27-32H,11-21H2,1-5H3/t22-,23+,27+,28-,29+,30+,31+,32+,34+,35+,36-/m1/s1. The number of hydrogen-bond donors (Lipinski definition) is 0. The Morgan fingerprint density at radius 2 is 1.86 bits per heavy atom. The third-order valence-electron chi connectivity index (χ3n) is 13.2. The lowest BCUT2D eigenvalue weighted by Crippen LogP contribution is -2.52. The molecule has 2 saturated heterocycles. The smallest absolute Gasteiger partial charge is 0.410 e. The van der Waals surface area contributed by atoms with Crippen molar-refractivity contribution < 1.29 is 19.0 Å². The van der Waals surface area contributed by atoms with Crippen LogP contribution in [0.3, 0.4) is 0 Å². The molecule has 6 heteroatoms. The van der Waals surface area contributed by atoms with E-state index in [2.05, 4.69) is 33.8 Å². The summed E-state index contributed by atoms with van der Waals surface area (Å²) >= 11 is 6.02. The second-order valence-electron chi connectivity index (χ2n) is 15.5. The molecule has 1 amide bonds. The summed E-state index contributed by atoms with van der Waals surface area (Å²) in [6, 6.07) is 7.65. The van der Waals surface area contributed by atoms with Crippen molar-refractivity contribution in [2.24, 2.45) is 46.3 Å². The van der Waals surface area contributed by atoms with Crippen LogP contribution in [0.5, 0.6) is 0 Å². The van der Waals surface area contributed by atoms with Crippen molar-refractivity contribution in [3.05, 3.63) is 46.5 Å². The summed E-state index contributed by atoms with van der Waals surface area (Å²) in [4.78, 5) is 14.7. The number of hydrogen-bond acceptors (Lipinski definition) is 4. The van der Waals surface area contributed by atoms with Crippen molar-refractivity contribution in [3.8, 4) is 0 Å². The van der Waals surface area contributed by atoms with E-state index in [1.54, 1.807) is 10.5 Å². The summed E-state index contributed by atoms with van der Waals surface area (Å²) < 4.78 is 19.6. The van der Waals surface area contributed by atoms with Gasteiger partial charge in [-0.2, -0.15) is 0 Å². The highest BCUT2D eigenvalue weighted by Crippen LogP contribution is 2.70. The monoisotopic (exact) mass is 595 g/mol. The SMILES string of the molecule is C[C@@H]1CC[C@@]2(OC1)O[C@H]1C[C@H]3[C@@H]4CC=C5C[C@@H](OC(=O)N(C)Cc6ccc(Cl)cc6)CC[C@]5(C)[C@H]4CC[C@]3(C)[C@H]1[C@@H]2C. The van der Waals surface area contributed by atoms with E-state index in [9.17, 15) is 4.79 Å². The van der Waals surface area contributed by atoms with Gasteiger partial charge in [0.2, 0.25) is 0 Å². The molecule has 0 bridgehead atoms. The molecule has 6 aliphatic rings. The Bertz CT molecular complexity index is 1220. The lowest BCUT2D eigenvalue weighted by atomic mass is 9.47. The summed E-state index contributed by atoms with van der Waals surface area (Å²) in [7, 11) is 1.82. The van der Waals surface area contributed by atoms with Gasteiger partial charge in [-0.15, -0.1) is 0 Å². The van der Waals surface area contributed by atoms with E-state index < -0.39 is 0 Å². The summed E-state index contributed by atoms with van der Waals surface area (Å²) in [6.45, 7) is 11.2. The molecule has 1 aromatic rings. The lowest BCUT2D eigenvalue weighted by Gasteiger charge is -2.58. The fourth-order valence-electron chi connectivity index (χ4n) is 10.9. The van der Waals surface area contributed by atoms with Gasteiger partial charge < -0.3 is 19.1 Å². The van der Waals surface area contributed by atoms with Crippen molar-refractivity contribution in [1.82, 2.24) is 4.90 Å². The Labute approximate surface area is 257 Å². The number of nitrogens with zero attached hydrogens (tertiary/aromatic N) is 1. The van der Waals surface area contributed by atoms with Crippen LogP contribution >= 0.6 is 11.6 Å². The van der Waals surface area contributed by atoms with Gasteiger partial charge in [0.25, 0.3) is 0 Å². The predicted molar refractivity (Wildman–Crippen MR) is 165 cm³/mol. The molecule has 7 rings (SSSR count). The van der Waals surface area contributed by atoms with Gasteiger partial charge in [0.1, 0.15) is 6.10 Å². The highest BCUT2D eigenvalue weighted by atomic mass is 35.5. The summed E-state index contributed by atoms with van der Waals surface area (Å²) in [5, 5.41) is 0.704. The molecular weight excluding hydrogens is 546 g/mol. The molecule has 42 heavy (non-hydrogen) atoms. The van der Waals surface area contributed by atoms with Crippen LogP contribution in [-0.4, -0.2) is 42.6 Å². The predicted octanol–water partition coefficient (Wildman–Crippen LogP) is 8.64. The number of benzene rings is 1. The number of amides is 1. The molecule has 0 unspecified atom stereocenters. The van der Waals surface area contributed by atoms with Gasteiger partial charge in [-0.25, -0.2) is 4.79 Å². The average Bonchev–Trinajstić information content (AvgIpc) is 3.41. The minimum Gasteiger partial charge on any atom is -0.446 e. The van der Waals surface area contributed by atoms with Gasteiger partial charge in [-0.3, -0.25) is 0 Å². The molecule has 0 N–H and O–H groups in total. The zero-order valence-electron chi connectivity index (χ0n) is 26.2. The number of ether oxygens (including phenoxy) is 3. The topological polar surface area (TPSA) is 48.0 Å². The van der Waals surface area contributed by atoms with Crippen LogP contribution in [-0.2, 0) is 20.8 Å². The molecule has 0 aromatic heterocycles. The third kappa shape index (κ3) is 4.58. The molecule has 0 radical (unpaired) electrons. The molecule has 5 fully saturated rings. The maximum absolute atomic E-state index is 13.0. The average molecular weight is 596 g/mol. The van der Waals surface area contributed by atoms with Gasteiger partial charge in [-0.1, -0.05) is 63.1 Å². The number of carbonyl (C=O) groups is 1. The Hall–Kier alpha value is -1.56. The summed E-state index contributed by atoms with van der Waals surface area (Å²) in [5.74, 6) is 3.55. The molecule has 4 aliphatic carbocycles. The Balaban J connectivity index is 1.02. The molecule has 11 atom stereocenters. The van der Waals surface area contributed by atoms with E-state index in [-0.39, 0.29) is 23.4 Å². The fourth-order valence-corrected chi connectivity index (χ4v) is 11.0. The minimum atomic E-state index is -0.336. The van der Waals surface area contributed by atoms with Crippen LogP contribution in [0, 0.1) is 46.3 Å². The normalized spacial score (nSPS) is 45.8. The first-order chi connectivity index (χ1) is 20.0. The van der Waals surface area contributed by atoms with Gasteiger partial charge in [-0.05, 0) is 103 Å². The first kappa shape index (κ1) is 29.2.